The lowest BCUT2D eigenvalue weighted by Gasteiger charge is -2.18. The van der Waals surface area contributed by atoms with Gasteiger partial charge in [0.1, 0.15) is 17.2 Å². The largest absolute Gasteiger partial charge is 0.497 e. The average Bonchev–Trinajstić information content (AvgIpc) is 3.09. The number of anilines is 2. The number of hydrogen-bond donors (Lipinski definition) is 1. The van der Waals surface area contributed by atoms with Crippen molar-refractivity contribution < 1.29 is 23.8 Å². The van der Waals surface area contributed by atoms with E-state index >= 15 is 0 Å². The highest BCUT2D eigenvalue weighted by atomic mass is 16.5. The molecule has 0 bridgehead atoms. The van der Waals surface area contributed by atoms with Crippen molar-refractivity contribution in [2.24, 2.45) is 5.92 Å². The smallest absolute Gasteiger partial charge is 0.229 e. The highest BCUT2D eigenvalue weighted by molar-refractivity contribution is 6.04. The summed E-state index contributed by atoms with van der Waals surface area (Å²) in [4.78, 5) is 26.7. The van der Waals surface area contributed by atoms with Gasteiger partial charge in [-0.3, -0.25) is 9.59 Å². The van der Waals surface area contributed by atoms with Crippen LogP contribution in [0.4, 0.5) is 11.4 Å². The van der Waals surface area contributed by atoms with E-state index in [2.05, 4.69) is 5.32 Å². The average molecular weight is 370 g/mol. The van der Waals surface area contributed by atoms with E-state index in [-0.39, 0.29) is 18.2 Å². The van der Waals surface area contributed by atoms with Crippen LogP contribution in [0.3, 0.4) is 0 Å². The van der Waals surface area contributed by atoms with E-state index in [4.69, 9.17) is 14.2 Å². The summed E-state index contributed by atoms with van der Waals surface area (Å²) in [5, 5.41) is 2.85. The number of carbonyl (C=O) groups excluding carboxylic acids is 2. The number of carbonyl (C=O) groups is 2. The van der Waals surface area contributed by atoms with Gasteiger partial charge in [-0.15, -0.1) is 0 Å². The summed E-state index contributed by atoms with van der Waals surface area (Å²) in [6, 6.07) is 12.4. The molecule has 0 saturated carbocycles. The first-order chi connectivity index (χ1) is 13.0. The molecule has 1 aliphatic rings. The molecular formula is C20H22N2O5. The Morgan fingerprint density at radius 3 is 2.48 bits per heavy atom. The van der Waals surface area contributed by atoms with Crippen LogP contribution in [0.25, 0.3) is 0 Å². The lowest BCUT2D eigenvalue weighted by atomic mass is 10.1. The Kier molecular flexibility index (Phi) is 5.49. The fourth-order valence-electron chi connectivity index (χ4n) is 3.06. The summed E-state index contributed by atoms with van der Waals surface area (Å²) in [6.45, 7) is 0.310. The molecule has 7 heteroatoms. The zero-order valence-corrected chi connectivity index (χ0v) is 15.5. The molecule has 2 aromatic carbocycles. The van der Waals surface area contributed by atoms with E-state index in [0.29, 0.717) is 35.2 Å². The zero-order chi connectivity index (χ0) is 19.4. The van der Waals surface area contributed by atoms with Crippen LogP contribution >= 0.6 is 0 Å². The van der Waals surface area contributed by atoms with Crippen LogP contribution in [-0.4, -0.2) is 39.7 Å². The van der Waals surface area contributed by atoms with E-state index in [0.717, 1.165) is 0 Å². The second kappa shape index (κ2) is 7.99. The van der Waals surface area contributed by atoms with Crippen molar-refractivity contribution >= 4 is 23.2 Å². The fourth-order valence-corrected chi connectivity index (χ4v) is 3.06. The summed E-state index contributed by atoms with van der Waals surface area (Å²) in [6.07, 6.45) is 0.148. The molecule has 3 rings (SSSR count). The van der Waals surface area contributed by atoms with Crippen LogP contribution in [0.2, 0.25) is 0 Å². The van der Waals surface area contributed by atoms with Gasteiger partial charge in [-0.25, -0.2) is 0 Å². The Hall–Kier alpha value is -3.22. The molecule has 0 unspecified atom stereocenters. The van der Waals surface area contributed by atoms with Crippen molar-refractivity contribution in [3.63, 3.8) is 0 Å². The summed E-state index contributed by atoms with van der Waals surface area (Å²) >= 11 is 0. The molecule has 0 aliphatic carbocycles. The van der Waals surface area contributed by atoms with Crippen molar-refractivity contribution in [1.82, 2.24) is 0 Å². The van der Waals surface area contributed by atoms with Crippen molar-refractivity contribution in [2.45, 2.75) is 6.42 Å². The third kappa shape index (κ3) is 3.97. The molecule has 0 radical (unpaired) electrons. The van der Waals surface area contributed by atoms with Gasteiger partial charge in [-0.05, 0) is 24.3 Å². The van der Waals surface area contributed by atoms with E-state index in [1.54, 1.807) is 43.4 Å². The maximum atomic E-state index is 12.7. The number of amides is 2. The minimum Gasteiger partial charge on any atom is -0.497 e. The van der Waals surface area contributed by atoms with Gasteiger partial charge in [0.05, 0.1) is 32.9 Å². The number of ether oxygens (including phenoxy) is 3. The molecule has 2 amide bonds. The number of nitrogens with zero attached hydrogens (tertiary/aromatic N) is 1. The Bertz CT molecular complexity index is 852. The summed E-state index contributed by atoms with van der Waals surface area (Å²) in [7, 11) is 4.65. The second-order valence-electron chi connectivity index (χ2n) is 6.16. The monoisotopic (exact) mass is 370 g/mol. The molecule has 1 saturated heterocycles. The predicted molar refractivity (Wildman–Crippen MR) is 102 cm³/mol. The van der Waals surface area contributed by atoms with Gasteiger partial charge in [0.25, 0.3) is 0 Å². The second-order valence-corrected chi connectivity index (χ2v) is 6.16. The summed E-state index contributed by atoms with van der Waals surface area (Å²) in [5.41, 5.74) is 1.22. The van der Waals surface area contributed by atoms with E-state index < -0.39 is 5.92 Å². The Labute approximate surface area is 157 Å². The minimum absolute atomic E-state index is 0.0963. The van der Waals surface area contributed by atoms with Gasteiger partial charge in [-0.2, -0.15) is 0 Å². The topological polar surface area (TPSA) is 77.1 Å². The molecule has 0 aromatic heterocycles. The maximum Gasteiger partial charge on any atom is 0.229 e. The third-order valence-corrected chi connectivity index (χ3v) is 4.53. The highest BCUT2D eigenvalue weighted by Gasteiger charge is 2.35. The molecule has 2 aromatic rings. The van der Waals surface area contributed by atoms with Crippen LogP contribution in [0, 0.1) is 5.92 Å². The Morgan fingerprint density at radius 2 is 1.78 bits per heavy atom. The number of hydrogen-bond acceptors (Lipinski definition) is 5. The number of nitrogens with one attached hydrogen (secondary N) is 1. The van der Waals surface area contributed by atoms with Gasteiger partial charge in [0, 0.05) is 30.8 Å². The van der Waals surface area contributed by atoms with Crippen LogP contribution in [0.15, 0.2) is 42.5 Å². The quantitative estimate of drug-likeness (QED) is 0.846. The van der Waals surface area contributed by atoms with Gasteiger partial charge in [-0.1, -0.05) is 6.07 Å². The maximum absolute atomic E-state index is 12.7. The number of rotatable bonds is 6. The number of methoxy groups -OCH3 is 3. The fraction of sp³-hybridized carbons (Fsp3) is 0.300. The molecule has 0 spiro atoms. The molecule has 7 nitrogen and oxygen atoms in total. The lowest BCUT2D eigenvalue weighted by molar-refractivity contribution is -0.122. The van der Waals surface area contributed by atoms with E-state index in [9.17, 15) is 9.59 Å². The first-order valence-electron chi connectivity index (χ1n) is 8.53. The van der Waals surface area contributed by atoms with E-state index in [1.807, 2.05) is 18.2 Å². The van der Waals surface area contributed by atoms with Gasteiger partial charge < -0.3 is 24.4 Å². The first-order valence-corrected chi connectivity index (χ1v) is 8.53. The normalized spacial score (nSPS) is 16.2. The van der Waals surface area contributed by atoms with Crippen molar-refractivity contribution in [3.05, 3.63) is 42.5 Å². The van der Waals surface area contributed by atoms with Crippen LogP contribution in [0.5, 0.6) is 17.2 Å². The SMILES string of the molecule is COc1cccc(N2C[C@H](C(=O)Nc3cc(OC)ccc3OC)CC2=O)c1. The Balaban J connectivity index is 1.74. The van der Waals surface area contributed by atoms with Crippen molar-refractivity contribution in [1.29, 1.82) is 0 Å². The van der Waals surface area contributed by atoms with E-state index in [1.165, 1.54) is 7.11 Å². The molecule has 27 heavy (non-hydrogen) atoms. The van der Waals surface area contributed by atoms with Gasteiger partial charge in [0.2, 0.25) is 11.8 Å². The van der Waals surface area contributed by atoms with Crippen molar-refractivity contribution in [2.75, 3.05) is 38.1 Å². The van der Waals surface area contributed by atoms with Crippen molar-refractivity contribution in [3.8, 4) is 17.2 Å². The van der Waals surface area contributed by atoms with Crippen LogP contribution < -0.4 is 24.4 Å². The predicted octanol–water partition coefficient (Wildman–Crippen LogP) is 2.70. The van der Waals surface area contributed by atoms with Gasteiger partial charge in [0.15, 0.2) is 0 Å². The molecule has 142 valence electrons. The van der Waals surface area contributed by atoms with Gasteiger partial charge >= 0.3 is 0 Å². The van der Waals surface area contributed by atoms with Crippen LogP contribution in [0.1, 0.15) is 6.42 Å². The lowest BCUT2D eigenvalue weighted by Crippen LogP contribution is -2.28. The zero-order valence-electron chi connectivity index (χ0n) is 15.5. The molecular weight excluding hydrogens is 348 g/mol. The molecule has 1 atom stereocenters. The first kappa shape index (κ1) is 18.6. The standard InChI is InChI=1S/C20H22N2O5/c1-25-15-6-4-5-14(10-15)22-12-13(9-19(22)23)20(24)21-17-11-16(26-2)7-8-18(17)27-3/h4-8,10-11,13H,9,12H2,1-3H3,(H,21,24)/t13-/m1/s1. The summed E-state index contributed by atoms with van der Waals surface area (Å²) < 4.78 is 15.7. The molecule has 1 aliphatic heterocycles. The molecule has 1 N–H and O–H groups in total. The third-order valence-electron chi connectivity index (χ3n) is 4.53. The number of benzene rings is 2. The van der Waals surface area contributed by atoms with Crippen LogP contribution in [-0.2, 0) is 9.59 Å². The minimum atomic E-state index is -0.459. The molecule has 1 fully saturated rings. The highest BCUT2D eigenvalue weighted by Crippen LogP contribution is 2.32. The molecule has 1 heterocycles. The summed E-state index contributed by atoms with van der Waals surface area (Å²) in [5.74, 6) is 1.000. The Morgan fingerprint density at radius 1 is 1.04 bits per heavy atom.